The number of nitrogens with zero attached hydrogens (tertiary/aromatic N) is 2. The zero-order valence-electron chi connectivity index (χ0n) is 23.4. The average Bonchev–Trinajstić information content (AvgIpc) is 3.39. The van der Waals surface area contributed by atoms with Crippen molar-refractivity contribution in [3.8, 4) is 0 Å². The van der Waals surface area contributed by atoms with E-state index < -0.39 is 17.9 Å². The summed E-state index contributed by atoms with van der Waals surface area (Å²) in [5, 5.41) is 3.20. The number of nitrogens with one attached hydrogen (secondary N) is 1. The number of imidazole rings is 1. The van der Waals surface area contributed by atoms with E-state index in [4.69, 9.17) is 9.47 Å². The largest absolute Gasteiger partial charge is 0.466 e. The number of aryl methyl sites for hydroxylation is 3. The van der Waals surface area contributed by atoms with E-state index in [1.54, 1.807) is 12.5 Å². The molecule has 0 fully saturated rings. The van der Waals surface area contributed by atoms with Gasteiger partial charge < -0.3 is 19.4 Å². The molecule has 0 saturated carbocycles. The predicted molar refractivity (Wildman–Crippen MR) is 152 cm³/mol. The van der Waals surface area contributed by atoms with Gasteiger partial charge in [-0.1, -0.05) is 48.0 Å². The molecule has 0 aliphatic carbocycles. The Bertz CT molecular complexity index is 1440. The first kappa shape index (κ1) is 27.6. The van der Waals surface area contributed by atoms with Gasteiger partial charge in [0.05, 0.1) is 30.5 Å². The van der Waals surface area contributed by atoms with Crippen LogP contribution in [0.4, 0.5) is 0 Å². The van der Waals surface area contributed by atoms with Gasteiger partial charge in [0.1, 0.15) is 6.61 Å². The molecule has 0 spiro atoms. The molecular formula is C32H35N3O4. The Labute approximate surface area is 229 Å². The van der Waals surface area contributed by atoms with Gasteiger partial charge in [0.25, 0.3) is 0 Å². The maximum absolute atomic E-state index is 13.5. The number of hydrogen-bond acceptors (Lipinski definition) is 6. The molecule has 4 rings (SSSR count). The first-order valence-corrected chi connectivity index (χ1v) is 12.9. The quantitative estimate of drug-likeness (QED) is 0.390. The van der Waals surface area contributed by atoms with Crippen LogP contribution in [0.25, 0.3) is 6.08 Å². The minimum atomic E-state index is -0.598. The van der Waals surface area contributed by atoms with Crippen molar-refractivity contribution in [2.24, 2.45) is 0 Å². The number of ether oxygens (including phenoxy) is 2. The van der Waals surface area contributed by atoms with Crippen LogP contribution in [0, 0.1) is 20.8 Å². The highest BCUT2D eigenvalue weighted by Crippen LogP contribution is 2.42. The van der Waals surface area contributed by atoms with Gasteiger partial charge in [-0.15, -0.1) is 0 Å². The first-order chi connectivity index (χ1) is 18.7. The number of rotatable bonds is 8. The van der Waals surface area contributed by atoms with Crippen LogP contribution >= 0.6 is 0 Å². The first-order valence-electron chi connectivity index (χ1n) is 12.9. The lowest BCUT2D eigenvalue weighted by atomic mass is 9.76. The van der Waals surface area contributed by atoms with Crippen molar-refractivity contribution in [3.05, 3.63) is 117 Å². The summed E-state index contributed by atoms with van der Waals surface area (Å²) in [6, 6.07) is 12.3. The molecule has 2 aromatic carbocycles. The fraction of sp³-hybridized carbons (Fsp3) is 0.281. The summed E-state index contributed by atoms with van der Waals surface area (Å²) in [6.07, 6.45) is 9.22. The molecule has 0 radical (unpaired) electrons. The van der Waals surface area contributed by atoms with E-state index in [0.29, 0.717) is 22.5 Å². The Morgan fingerprint density at radius 3 is 2.21 bits per heavy atom. The van der Waals surface area contributed by atoms with E-state index in [2.05, 4.69) is 34.6 Å². The monoisotopic (exact) mass is 525 g/mol. The molecule has 7 nitrogen and oxygen atoms in total. The second-order valence-electron chi connectivity index (χ2n) is 9.92. The fourth-order valence-corrected chi connectivity index (χ4v) is 5.29. The van der Waals surface area contributed by atoms with Gasteiger partial charge >= 0.3 is 11.9 Å². The summed E-state index contributed by atoms with van der Waals surface area (Å²) >= 11 is 0. The molecule has 1 aliphatic heterocycles. The van der Waals surface area contributed by atoms with Gasteiger partial charge in [-0.25, -0.2) is 14.6 Å². The van der Waals surface area contributed by atoms with Crippen LogP contribution in [0.2, 0.25) is 0 Å². The van der Waals surface area contributed by atoms with Gasteiger partial charge in [-0.2, -0.15) is 0 Å². The van der Waals surface area contributed by atoms with E-state index in [0.717, 1.165) is 34.4 Å². The molecule has 0 saturated heterocycles. The van der Waals surface area contributed by atoms with Crippen molar-refractivity contribution in [2.45, 2.75) is 47.1 Å². The molecule has 0 amide bonds. The maximum Gasteiger partial charge on any atom is 0.337 e. The van der Waals surface area contributed by atoms with Gasteiger partial charge in [-0.3, -0.25) is 0 Å². The Balaban J connectivity index is 1.53. The number of allylic oxidation sites excluding steroid dienone is 2. The highest BCUT2D eigenvalue weighted by Gasteiger charge is 2.39. The number of carbonyl (C=O) groups excluding carboxylic acids is 2. The van der Waals surface area contributed by atoms with Gasteiger partial charge in [0, 0.05) is 30.3 Å². The average molecular weight is 526 g/mol. The Kier molecular flexibility index (Phi) is 8.49. The van der Waals surface area contributed by atoms with Crippen LogP contribution in [-0.2, 0) is 25.6 Å². The third-order valence-electron chi connectivity index (χ3n) is 6.94. The molecule has 1 aromatic heterocycles. The number of aromatic nitrogens is 2. The van der Waals surface area contributed by atoms with Crippen LogP contribution in [-0.4, -0.2) is 35.2 Å². The second kappa shape index (κ2) is 12.0. The van der Waals surface area contributed by atoms with Crippen molar-refractivity contribution < 1.29 is 19.1 Å². The molecule has 1 N–H and O–H groups in total. The fourth-order valence-electron chi connectivity index (χ4n) is 5.29. The number of carbonyl (C=O) groups is 2. The standard InChI is InChI=1S/C32H35N3O4/c1-20-16-21(2)27(22(3)17-20)30-28(31(36)38-6)23(4)34-24(5)29(30)32(37)39-15-7-8-25-9-11-26(12-10-25)18-35-14-13-33-19-35/h7-14,16-17,19,30,34H,15,18H2,1-6H3. The smallest absolute Gasteiger partial charge is 0.337 e. The Morgan fingerprint density at radius 2 is 1.62 bits per heavy atom. The molecule has 39 heavy (non-hydrogen) atoms. The molecule has 7 heteroatoms. The molecule has 2 heterocycles. The number of hydrogen-bond donors (Lipinski definition) is 1. The highest BCUT2D eigenvalue weighted by molar-refractivity contribution is 6.00. The van der Waals surface area contributed by atoms with E-state index in [9.17, 15) is 9.59 Å². The lowest BCUT2D eigenvalue weighted by Gasteiger charge is -2.32. The third-order valence-corrected chi connectivity index (χ3v) is 6.94. The lowest BCUT2D eigenvalue weighted by Crippen LogP contribution is -2.33. The highest BCUT2D eigenvalue weighted by atomic mass is 16.5. The molecule has 1 aliphatic rings. The van der Waals surface area contributed by atoms with E-state index >= 15 is 0 Å². The Hall–Kier alpha value is -4.39. The van der Waals surface area contributed by atoms with E-state index in [1.165, 1.54) is 12.7 Å². The zero-order chi connectivity index (χ0) is 28.1. The molecule has 3 aromatic rings. The molecule has 1 unspecified atom stereocenters. The van der Waals surface area contributed by atoms with Crippen molar-refractivity contribution in [1.29, 1.82) is 0 Å². The third kappa shape index (κ3) is 6.20. The van der Waals surface area contributed by atoms with Crippen LogP contribution in [0.3, 0.4) is 0 Å². The van der Waals surface area contributed by atoms with Crippen LogP contribution < -0.4 is 5.32 Å². The summed E-state index contributed by atoms with van der Waals surface area (Å²) < 4.78 is 12.9. The summed E-state index contributed by atoms with van der Waals surface area (Å²) in [4.78, 5) is 30.5. The maximum atomic E-state index is 13.5. The minimum Gasteiger partial charge on any atom is -0.466 e. The summed E-state index contributed by atoms with van der Waals surface area (Å²) in [7, 11) is 1.35. The second-order valence-corrected chi connectivity index (χ2v) is 9.92. The van der Waals surface area contributed by atoms with E-state index in [1.807, 2.05) is 69.7 Å². The molecule has 1 atom stereocenters. The van der Waals surface area contributed by atoms with Crippen molar-refractivity contribution >= 4 is 18.0 Å². The number of esters is 2. The van der Waals surface area contributed by atoms with E-state index in [-0.39, 0.29) is 6.61 Å². The normalized spacial score (nSPS) is 15.5. The number of benzene rings is 2. The van der Waals surface area contributed by atoms with Crippen LogP contribution in [0.5, 0.6) is 0 Å². The number of methoxy groups -OCH3 is 1. The van der Waals surface area contributed by atoms with Crippen molar-refractivity contribution in [2.75, 3.05) is 13.7 Å². The topological polar surface area (TPSA) is 82.5 Å². The Morgan fingerprint density at radius 1 is 0.974 bits per heavy atom. The van der Waals surface area contributed by atoms with Crippen LogP contribution in [0.1, 0.15) is 53.1 Å². The van der Waals surface area contributed by atoms with Gasteiger partial charge in [-0.05, 0) is 68.5 Å². The molecule has 202 valence electrons. The zero-order valence-corrected chi connectivity index (χ0v) is 23.4. The summed E-state index contributed by atoms with van der Waals surface area (Å²) in [6.45, 7) is 10.6. The van der Waals surface area contributed by atoms with Gasteiger partial charge in [0.15, 0.2) is 0 Å². The predicted octanol–water partition coefficient (Wildman–Crippen LogP) is 5.52. The molecule has 0 bridgehead atoms. The van der Waals surface area contributed by atoms with Crippen molar-refractivity contribution in [3.63, 3.8) is 0 Å². The SMILES string of the molecule is COC(=O)C1=C(C)NC(C)=C(C(=O)OCC=Cc2ccc(Cn3ccnc3)cc2)C1c1c(C)cc(C)cc1C. The number of dihydropyridines is 1. The summed E-state index contributed by atoms with van der Waals surface area (Å²) in [5.41, 5.74) is 8.36. The molecular weight excluding hydrogens is 490 g/mol. The lowest BCUT2D eigenvalue weighted by molar-refractivity contribution is -0.138. The minimum absolute atomic E-state index is 0.0984. The van der Waals surface area contributed by atoms with Crippen molar-refractivity contribution in [1.82, 2.24) is 14.9 Å². The van der Waals surface area contributed by atoms with Gasteiger partial charge in [0.2, 0.25) is 0 Å². The summed E-state index contributed by atoms with van der Waals surface area (Å²) in [5.74, 6) is -1.55. The van der Waals surface area contributed by atoms with Crippen LogP contribution in [0.15, 0.2) is 83.7 Å².